The molecule has 2 heterocycles. The molecule has 6 atom stereocenters. The Balaban J connectivity index is 1.43. The first-order valence-corrected chi connectivity index (χ1v) is 15.8. The number of imide groups is 2. The molecule has 3 fully saturated rings. The molecular weight excluding hydrogens is 730 g/mol. The minimum absolute atomic E-state index is 0.0299. The highest BCUT2D eigenvalue weighted by atomic mass is 35.5. The van der Waals surface area contributed by atoms with E-state index in [0.29, 0.717) is 0 Å². The van der Waals surface area contributed by atoms with Gasteiger partial charge in [-0.05, 0) is 54.7 Å². The molecule has 2 aliphatic carbocycles. The van der Waals surface area contributed by atoms with Crippen LogP contribution < -0.4 is 14.5 Å². The number of halogens is 7. The van der Waals surface area contributed by atoms with E-state index in [1.807, 2.05) is 0 Å². The molecule has 0 radical (unpaired) electrons. The van der Waals surface area contributed by atoms with E-state index in [9.17, 15) is 47.4 Å². The average Bonchev–Trinajstić information content (AvgIpc) is 3.45. The molecule has 2 aliphatic heterocycles. The molecule has 264 valence electrons. The van der Waals surface area contributed by atoms with Crippen LogP contribution >= 0.6 is 23.2 Å². The third-order valence-electron chi connectivity index (χ3n) is 10.1. The van der Waals surface area contributed by atoms with Crippen molar-refractivity contribution in [3.63, 3.8) is 0 Å². The first-order valence-electron chi connectivity index (χ1n) is 15.1. The monoisotopic (exact) mass is 750 g/mol. The lowest BCUT2D eigenvalue weighted by Crippen LogP contribution is -2.60. The maximum Gasteiger partial charge on any atom is 0.335 e. The van der Waals surface area contributed by atoms with Gasteiger partial charge in [0.2, 0.25) is 17.6 Å². The summed E-state index contributed by atoms with van der Waals surface area (Å²) < 4.78 is 78.5. The van der Waals surface area contributed by atoms with Crippen LogP contribution in [0.2, 0.25) is 0 Å². The molecule has 2 saturated heterocycles. The number of fused-ring (bicyclic) bond motifs is 4. The van der Waals surface area contributed by atoms with E-state index in [-0.39, 0.29) is 45.2 Å². The number of hydrogen-bond donors (Lipinski definition) is 2. The highest BCUT2D eigenvalue weighted by Crippen LogP contribution is 2.66. The number of nitrogens with zero attached hydrogens (tertiary/aromatic N) is 2. The van der Waals surface area contributed by atoms with Crippen molar-refractivity contribution in [2.75, 3.05) is 16.9 Å². The zero-order valence-electron chi connectivity index (χ0n) is 25.7. The number of carbonyl (C=O) groups is 5. The SMILES string of the molecule is COc1cc(C2C3=CCC4C(=O)N(c5cccc(C(=O)O)c5)C(=O)C4C3CC3(Cl)C(=O)N(c4c(F)c(F)c(F)c(F)c4F)C(=O)C23Cl)ccc1O. The van der Waals surface area contributed by atoms with Crippen LogP contribution in [0.4, 0.5) is 33.3 Å². The zero-order valence-corrected chi connectivity index (χ0v) is 27.2. The van der Waals surface area contributed by atoms with Crippen LogP contribution in [-0.2, 0) is 19.2 Å². The normalized spacial score (nSPS) is 28.4. The predicted octanol–water partition coefficient (Wildman–Crippen LogP) is 5.56. The minimum atomic E-state index is -2.76. The van der Waals surface area contributed by atoms with Gasteiger partial charge in [-0.25, -0.2) is 31.6 Å². The molecule has 0 spiro atoms. The number of aromatic carboxylic acids is 1. The number of rotatable bonds is 5. The van der Waals surface area contributed by atoms with Gasteiger partial charge in [0.15, 0.2) is 44.5 Å². The summed E-state index contributed by atoms with van der Waals surface area (Å²) in [6.07, 6.45) is 0.639. The Labute approximate surface area is 293 Å². The molecule has 6 unspecified atom stereocenters. The van der Waals surface area contributed by atoms with Crippen molar-refractivity contribution in [1.29, 1.82) is 0 Å². The highest BCUT2D eigenvalue weighted by Gasteiger charge is 2.77. The van der Waals surface area contributed by atoms with Crippen LogP contribution in [-0.4, -0.2) is 56.7 Å². The molecule has 17 heteroatoms. The van der Waals surface area contributed by atoms with E-state index in [0.717, 1.165) is 17.0 Å². The number of phenolic OH excluding ortho intramolecular Hbond substituents is 1. The summed E-state index contributed by atoms with van der Waals surface area (Å²) in [5.41, 5.74) is -1.99. The number of methoxy groups -OCH3 is 1. The van der Waals surface area contributed by atoms with E-state index in [4.69, 9.17) is 27.9 Å². The molecule has 4 aliphatic rings. The predicted molar refractivity (Wildman–Crippen MR) is 167 cm³/mol. The summed E-state index contributed by atoms with van der Waals surface area (Å²) in [6.45, 7) is 0. The van der Waals surface area contributed by atoms with E-state index in [1.54, 1.807) is 0 Å². The third kappa shape index (κ3) is 4.43. The van der Waals surface area contributed by atoms with Gasteiger partial charge in [0, 0.05) is 5.92 Å². The van der Waals surface area contributed by atoms with E-state index in [2.05, 4.69) is 0 Å². The zero-order chi connectivity index (χ0) is 37.1. The molecular formula is C34H21Cl2F5N2O8. The van der Waals surface area contributed by atoms with Gasteiger partial charge < -0.3 is 14.9 Å². The number of anilines is 2. The van der Waals surface area contributed by atoms with Gasteiger partial charge >= 0.3 is 5.97 Å². The maximum atomic E-state index is 15.2. The van der Waals surface area contributed by atoms with Gasteiger partial charge in [-0.15, -0.1) is 23.2 Å². The van der Waals surface area contributed by atoms with E-state index in [1.165, 1.54) is 43.5 Å². The lowest BCUT2D eigenvalue weighted by Gasteiger charge is -2.50. The molecule has 3 aromatic rings. The fraction of sp³-hybridized carbons (Fsp3) is 0.265. The van der Waals surface area contributed by atoms with E-state index >= 15 is 8.78 Å². The lowest BCUT2D eigenvalue weighted by molar-refractivity contribution is -0.125. The first kappa shape index (κ1) is 34.4. The van der Waals surface area contributed by atoms with Crippen molar-refractivity contribution in [3.05, 3.63) is 94.3 Å². The second kappa shape index (κ2) is 11.5. The van der Waals surface area contributed by atoms with Crippen molar-refractivity contribution in [3.8, 4) is 11.5 Å². The largest absolute Gasteiger partial charge is 0.504 e. The molecule has 51 heavy (non-hydrogen) atoms. The maximum absolute atomic E-state index is 15.2. The quantitative estimate of drug-likeness (QED) is 0.0863. The first-order chi connectivity index (χ1) is 24.0. The smallest absolute Gasteiger partial charge is 0.335 e. The van der Waals surface area contributed by atoms with Crippen LogP contribution in [0.25, 0.3) is 0 Å². The summed E-state index contributed by atoms with van der Waals surface area (Å²) in [7, 11) is 1.20. The van der Waals surface area contributed by atoms with Crippen molar-refractivity contribution in [2.24, 2.45) is 17.8 Å². The Morgan fingerprint density at radius 3 is 2.14 bits per heavy atom. The Bertz CT molecular complexity index is 2150. The summed E-state index contributed by atoms with van der Waals surface area (Å²) in [4.78, 5) is 63.2. The Morgan fingerprint density at radius 2 is 1.51 bits per heavy atom. The number of aromatic hydroxyl groups is 1. The molecule has 2 N–H and O–H groups in total. The fourth-order valence-electron chi connectivity index (χ4n) is 7.85. The minimum Gasteiger partial charge on any atom is -0.504 e. The van der Waals surface area contributed by atoms with Gasteiger partial charge in [-0.3, -0.25) is 24.1 Å². The Kier molecular flexibility index (Phi) is 7.76. The Morgan fingerprint density at radius 1 is 0.863 bits per heavy atom. The summed E-state index contributed by atoms with van der Waals surface area (Å²) in [6, 6.07) is 8.66. The number of ether oxygens (including phenoxy) is 1. The number of phenols is 1. The van der Waals surface area contributed by atoms with Crippen molar-refractivity contribution in [2.45, 2.75) is 28.5 Å². The van der Waals surface area contributed by atoms with Crippen molar-refractivity contribution in [1.82, 2.24) is 0 Å². The van der Waals surface area contributed by atoms with Crippen LogP contribution in [0.3, 0.4) is 0 Å². The van der Waals surface area contributed by atoms with Gasteiger partial charge in [0.05, 0.1) is 30.2 Å². The van der Waals surface area contributed by atoms with Crippen molar-refractivity contribution >= 4 is 64.2 Å². The average molecular weight is 751 g/mol. The second-order valence-corrected chi connectivity index (χ2v) is 13.7. The second-order valence-electron chi connectivity index (χ2n) is 12.5. The van der Waals surface area contributed by atoms with Gasteiger partial charge in [0.1, 0.15) is 5.69 Å². The number of carboxylic acids is 1. The number of alkyl halides is 2. The number of allylic oxidation sites excluding steroid dienone is 2. The standard InChI is InChI=1S/C34H21Cl2F5N2O8/c1-51-19-10-12(5-8-18(19)44)21-15-6-7-16-20(29(46)42(28(16)45)14-4-2-3-13(9-14)30(47)48)17(15)11-33(35)31(49)43(32(50)34(21,33)36)27-25(40)23(38)22(37)24(39)26(27)41/h2-6,8-10,16-17,20-21,44H,7,11H2,1H3,(H,47,48). The van der Waals surface area contributed by atoms with Crippen LogP contribution in [0.15, 0.2) is 54.1 Å². The summed E-state index contributed by atoms with van der Waals surface area (Å²) in [5.74, 6) is -24.3. The van der Waals surface area contributed by atoms with Crippen LogP contribution in [0.1, 0.15) is 34.7 Å². The summed E-state index contributed by atoms with van der Waals surface area (Å²) >= 11 is 14.2. The number of carboxylic acid groups (broad SMARTS) is 1. The Hall–Kier alpha value is -5.02. The molecule has 7 rings (SSSR count). The third-order valence-corrected chi connectivity index (χ3v) is 11.5. The highest BCUT2D eigenvalue weighted by molar-refractivity contribution is 6.58. The molecule has 3 aromatic carbocycles. The summed E-state index contributed by atoms with van der Waals surface area (Å²) in [5, 5.41) is 19.8. The topological polar surface area (TPSA) is 142 Å². The number of carbonyl (C=O) groups excluding carboxylic acids is 4. The van der Waals surface area contributed by atoms with Crippen LogP contribution in [0, 0.1) is 46.8 Å². The molecule has 0 bridgehead atoms. The molecule has 1 saturated carbocycles. The van der Waals surface area contributed by atoms with Crippen molar-refractivity contribution < 1.29 is 60.9 Å². The van der Waals surface area contributed by atoms with Crippen LogP contribution in [0.5, 0.6) is 11.5 Å². The fourth-order valence-corrected chi connectivity index (χ4v) is 8.78. The van der Waals surface area contributed by atoms with Gasteiger partial charge in [-0.2, -0.15) is 0 Å². The van der Waals surface area contributed by atoms with Gasteiger partial charge in [-0.1, -0.05) is 23.8 Å². The number of benzene rings is 3. The van der Waals surface area contributed by atoms with E-state index < -0.39 is 104 Å². The number of hydrogen-bond acceptors (Lipinski definition) is 7. The number of amides is 4. The molecule has 10 nitrogen and oxygen atoms in total. The molecule has 4 amide bonds. The van der Waals surface area contributed by atoms with Gasteiger partial charge in [0.25, 0.3) is 11.8 Å². The molecule has 0 aromatic heterocycles. The lowest BCUT2D eigenvalue weighted by atomic mass is 9.56.